The zero-order valence-corrected chi connectivity index (χ0v) is 10.7. The van der Waals surface area contributed by atoms with Gasteiger partial charge in [-0.1, -0.05) is 6.07 Å². The molecule has 0 aromatic carbocycles. The number of aryl methyl sites for hydroxylation is 1. The molecule has 7 heteroatoms. The summed E-state index contributed by atoms with van der Waals surface area (Å²) >= 11 is 0. The third-order valence-electron chi connectivity index (χ3n) is 2.58. The maximum atomic E-state index is 11.7. The van der Waals surface area contributed by atoms with E-state index in [1.807, 2.05) is 12.1 Å². The van der Waals surface area contributed by atoms with E-state index in [0.717, 1.165) is 5.56 Å². The molecule has 7 nitrogen and oxygen atoms in total. The minimum Gasteiger partial charge on any atom is -0.480 e. The molecule has 0 saturated carbocycles. The number of hydrogen-bond acceptors (Lipinski definition) is 4. The predicted octanol–water partition coefficient (Wildman–Crippen LogP) is 0.934. The second-order valence-corrected chi connectivity index (χ2v) is 4.23. The number of pyridine rings is 1. The molecular weight excluding hydrogens is 260 g/mol. The average Bonchev–Trinajstić information content (AvgIpc) is 2.84. The quantitative estimate of drug-likeness (QED) is 0.816. The smallest absolute Gasteiger partial charge is 0.325 e. The van der Waals surface area contributed by atoms with Gasteiger partial charge in [-0.25, -0.2) is 0 Å². The first-order chi connectivity index (χ1) is 9.63. The van der Waals surface area contributed by atoms with E-state index in [4.69, 9.17) is 5.11 Å². The fraction of sp³-hybridized carbons (Fsp3) is 0.231. The minimum absolute atomic E-state index is 0.149. The van der Waals surface area contributed by atoms with Crippen LogP contribution in [0.1, 0.15) is 12.0 Å². The summed E-state index contributed by atoms with van der Waals surface area (Å²) in [6.45, 7) is -0.231. The third kappa shape index (κ3) is 4.20. The molecule has 0 saturated heterocycles. The number of amides is 1. The molecule has 104 valence electrons. The molecule has 20 heavy (non-hydrogen) atoms. The lowest BCUT2D eigenvalue weighted by atomic mass is 10.1. The van der Waals surface area contributed by atoms with E-state index >= 15 is 0 Å². The van der Waals surface area contributed by atoms with Crippen LogP contribution in [-0.2, 0) is 22.6 Å². The molecule has 1 amide bonds. The Morgan fingerprint density at radius 1 is 1.35 bits per heavy atom. The Morgan fingerprint density at radius 3 is 2.90 bits per heavy atom. The molecule has 0 radical (unpaired) electrons. The van der Waals surface area contributed by atoms with Crippen LogP contribution in [0.5, 0.6) is 0 Å². The number of carboxylic acids is 1. The van der Waals surface area contributed by atoms with Gasteiger partial charge >= 0.3 is 5.97 Å². The summed E-state index contributed by atoms with van der Waals surface area (Å²) < 4.78 is 1.25. The van der Waals surface area contributed by atoms with Gasteiger partial charge in [-0.2, -0.15) is 5.10 Å². The fourth-order valence-corrected chi connectivity index (χ4v) is 1.68. The van der Waals surface area contributed by atoms with Crippen molar-refractivity contribution in [2.24, 2.45) is 0 Å². The molecule has 2 N–H and O–H groups in total. The monoisotopic (exact) mass is 274 g/mol. The lowest BCUT2D eigenvalue weighted by molar-refractivity contribution is -0.137. The van der Waals surface area contributed by atoms with Gasteiger partial charge in [0.05, 0.1) is 11.9 Å². The number of hydrogen-bond donors (Lipinski definition) is 2. The van der Waals surface area contributed by atoms with Crippen LogP contribution in [0, 0.1) is 0 Å². The molecule has 0 aliphatic rings. The van der Waals surface area contributed by atoms with Crippen LogP contribution in [0.2, 0.25) is 0 Å². The van der Waals surface area contributed by atoms with Crippen molar-refractivity contribution in [2.75, 3.05) is 5.32 Å². The van der Waals surface area contributed by atoms with Gasteiger partial charge in [0.2, 0.25) is 5.91 Å². The Balaban J connectivity index is 1.82. The highest BCUT2D eigenvalue weighted by Gasteiger charge is 2.06. The average molecular weight is 274 g/mol. The van der Waals surface area contributed by atoms with Crippen molar-refractivity contribution in [3.05, 3.63) is 42.5 Å². The minimum atomic E-state index is -0.984. The molecule has 2 aromatic rings. The van der Waals surface area contributed by atoms with Crippen molar-refractivity contribution in [1.82, 2.24) is 14.8 Å². The molecule has 2 aromatic heterocycles. The van der Waals surface area contributed by atoms with Crippen molar-refractivity contribution in [1.29, 1.82) is 0 Å². The van der Waals surface area contributed by atoms with Gasteiger partial charge < -0.3 is 10.4 Å². The summed E-state index contributed by atoms with van der Waals surface area (Å²) in [5, 5.41) is 15.1. The first-order valence-electron chi connectivity index (χ1n) is 6.06. The van der Waals surface area contributed by atoms with E-state index in [1.54, 1.807) is 12.4 Å². The van der Waals surface area contributed by atoms with Crippen LogP contribution in [0.25, 0.3) is 0 Å². The van der Waals surface area contributed by atoms with E-state index in [0.29, 0.717) is 18.5 Å². The number of aliphatic carboxylic acids is 1. The van der Waals surface area contributed by atoms with E-state index in [-0.39, 0.29) is 12.5 Å². The molecule has 0 bridgehead atoms. The third-order valence-corrected chi connectivity index (χ3v) is 2.58. The summed E-state index contributed by atoms with van der Waals surface area (Å²) in [6.07, 6.45) is 7.23. The standard InChI is InChI=1S/C13H14N4O3/c18-12(4-3-10-2-1-5-14-6-10)16-11-7-15-17(8-11)9-13(19)20/h1-2,5-8H,3-4,9H2,(H,16,18)(H,19,20). The molecule has 0 atom stereocenters. The van der Waals surface area contributed by atoms with Crippen molar-refractivity contribution in [3.8, 4) is 0 Å². The van der Waals surface area contributed by atoms with Gasteiger partial charge in [0, 0.05) is 25.0 Å². The van der Waals surface area contributed by atoms with Crippen LogP contribution in [0.15, 0.2) is 36.9 Å². The second-order valence-electron chi connectivity index (χ2n) is 4.23. The topological polar surface area (TPSA) is 97.1 Å². The molecule has 2 rings (SSSR count). The van der Waals surface area contributed by atoms with E-state index < -0.39 is 5.97 Å². The van der Waals surface area contributed by atoms with E-state index in [2.05, 4.69) is 15.4 Å². The largest absolute Gasteiger partial charge is 0.480 e. The molecule has 0 spiro atoms. The Kier molecular flexibility index (Phi) is 4.43. The number of carbonyl (C=O) groups is 2. The summed E-state index contributed by atoms with van der Waals surface area (Å²) in [4.78, 5) is 26.2. The van der Waals surface area contributed by atoms with Crippen molar-refractivity contribution in [2.45, 2.75) is 19.4 Å². The number of carbonyl (C=O) groups excluding carboxylic acids is 1. The van der Waals surface area contributed by atoms with Gasteiger partial charge in [-0.15, -0.1) is 0 Å². The Labute approximate surface area is 115 Å². The van der Waals surface area contributed by atoms with Crippen LogP contribution >= 0.6 is 0 Å². The maximum Gasteiger partial charge on any atom is 0.325 e. The van der Waals surface area contributed by atoms with Gasteiger partial charge in [-0.3, -0.25) is 19.3 Å². The normalized spacial score (nSPS) is 10.2. The van der Waals surface area contributed by atoms with Crippen LogP contribution in [-0.4, -0.2) is 31.7 Å². The highest BCUT2D eigenvalue weighted by molar-refractivity contribution is 5.90. The Hall–Kier alpha value is -2.70. The van der Waals surface area contributed by atoms with Crippen molar-refractivity contribution >= 4 is 17.6 Å². The van der Waals surface area contributed by atoms with Crippen LogP contribution in [0.4, 0.5) is 5.69 Å². The first-order valence-corrected chi connectivity index (χ1v) is 6.06. The van der Waals surface area contributed by atoms with E-state index in [1.165, 1.54) is 17.1 Å². The highest BCUT2D eigenvalue weighted by atomic mass is 16.4. The molecule has 0 aliphatic carbocycles. The molecule has 2 heterocycles. The summed E-state index contributed by atoms with van der Waals surface area (Å²) in [5.74, 6) is -1.13. The van der Waals surface area contributed by atoms with Crippen LogP contribution < -0.4 is 5.32 Å². The summed E-state index contributed by atoms with van der Waals surface area (Å²) in [6, 6.07) is 3.73. The highest BCUT2D eigenvalue weighted by Crippen LogP contribution is 2.07. The number of nitrogens with zero attached hydrogens (tertiary/aromatic N) is 3. The number of nitrogens with one attached hydrogen (secondary N) is 1. The lowest BCUT2D eigenvalue weighted by Gasteiger charge is -2.02. The lowest BCUT2D eigenvalue weighted by Crippen LogP contribution is -2.12. The van der Waals surface area contributed by atoms with Crippen molar-refractivity contribution in [3.63, 3.8) is 0 Å². The predicted molar refractivity (Wildman–Crippen MR) is 71.1 cm³/mol. The Bertz CT molecular complexity index is 595. The molecule has 0 fully saturated rings. The van der Waals surface area contributed by atoms with Crippen molar-refractivity contribution < 1.29 is 14.7 Å². The number of anilines is 1. The second kappa shape index (κ2) is 6.46. The molecular formula is C13H14N4O3. The summed E-state index contributed by atoms with van der Waals surface area (Å²) in [7, 11) is 0. The molecule has 0 aliphatic heterocycles. The zero-order chi connectivity index (χ0) is 14.4. The number of rotatable bonds is 6. The molecule has 0 unspecified atom stereocenters. The first kappa shape index (κ1) is 13.7. The van der Waals surface area contributed by atoms with Gasteiger partial charge in [0.15, 0.2) is 0 Å². The fourth-order valence-electron chi connectivity index (χ4n) is 1.68. The maximum absolute atomic E-state index is 11.7. The Morgan fingerprint density at radius 2 is 2.20 bits per heavy atom. The zero-order valence-electron chi connectivity index (χ0n) is 10.7. The van der Waals surface area contributed by atoms with E-state index in [9.17, 15) is 9.59 Å². The number of carboxylic acid groups (broad SMARTS) is 1. The van der Waals surface area contributed by atoms with Gasteiger partial charge in [0.25, 0.3) is 0 Å². The number of aromatic nitrogens is 3. The SMILES string of the molecule is O=C(O)Cn1cc(NC(=O)CCc2cccnc2)cn1. The van der Waals surface area contributed by atoms with Crippen LogP contribution in [0.3, 0.4) is 0 Å². The van der Waals surface area contributed by atoms with Gasteiger partial charge in [-0.05, 0) is 18.1 Å². The van der Waals surface area contributed by atoms with Gasteiger partial charge in [0.1, 0.15) is 6.54 Å². The summed E-state index contributed by atoms with van der Waals surface area (Å²) in [5.41, 5.74) is 1.48.